The highest BCUT2D eigenvalue weighted by atomic mass is 79.9. The van der Waals surface area contributed by atoms with Crippen LogP contribution in [-0.4, -0.2) is 18.4 Å². The number of benzene rings is 1. The molecule has 0 unspecified atom stereocenters. The Morgan fingerprint density at radius 3 is 2.18 bits per heavy atom. The maximum absolute atomic E-state index is 12.4. The van der Waals surface area contributed by atoms with Crippen molar-refractivity contribution in [3.63, 3.8) is 0 Å². The number of rotatable bonds is 4. The lowest BCUT2D eigenvalue weighted by Gasteiger charge is -2.14. The fourth-order valence-corrected chi connectivity index (χ4v) is 2.64. The molecule has 5 heteroatoms. The lowest BCUT2D eigenvalue weighted by Crippen LogP contribution is -2.17. The van der Waals surface area contributed by atoms with Gasteiger partial charge in [-0.15, -0.1) is 0 Å². The lowest BCUT2D eigenvalue weighted by molar-refractivity contribution is 0.0442. The van der Waals surface area contributed by atoms with Crippen molar-refractivity contribution < 1.29 is 18.7 Å². The first-order valence-corrected chi connectivity index (χ1v) is 7.63. The Kier molecular flexibility index (Phi) is 4.86. The second kappa shape index (κ2) is 6.48. The maximum atomic E-state index is 12.4. The molecule has 116 valence electrons. The molecule has 0 atom stereocenters. The number of hydrogen-bond acceptors (Lipinski definition) is 4. The van der Waals surface area contributed by atoms with Crippen LogP contribution >= 0.6 is 15.9 Å². The molecule has 0 aliphatic heterocycles. The molecule has 2 rings (SSSR count). The zero-order valence-corrected chi connectivity index (χ0v) is 14.5. The zero-order valence-electron chi connectivity index (χ0n) is 13.0. The van der Waals surface area contributed by atoms with Crippen LogP contribution in [0, 0.1) is 27.7 Å². The second-order valence-corrected chi connectivity index (χ2v) is 6.02. The van der Waals surface area contributed by atoms with Crippen LogP contribution in [0.15, 0.2) is 27.3 Å². The molecule has 0 aliphatic carbocycles. The Morgan fingerprint density at radius 2 is 1.68 bits per heavy atom. The number of carbonyl (C=O) groups is 2. The number of esters is 1. The van der Waals surface area contributed by atoms with Gasteiger partial charge in [0.05, 0.1) is 0 Å². The summed E-state index contributed by atoms with van der Waals surface area (Å²) < 4.78 is 10.6. The first kappa shape index (κ1) is 16.5. The van der Waals surface area contributed by atoms with Gasteiger partial charge in [0, 0.05) is 5.56 Å². The molecule has 2 aromatic rings. The monoisotopic (exact) mass is 364 g/mol. The van der Waals surface area contributed by atoms with Crippen molar-refractivity contribution in [3.05, 3.63) is 56.4 Å². The summed E-state index contributed by atoms with van der Waals surface area (Å²) in [4.78, 5) is 24.2. The van der Waals surface area contributed by atoms with Crippen molar-refractivity contribution in [1.82, 2.24) is 0 Å². The smallest absolute Gasteiger partial charge is 0.374 e. The molecule has 0 radical (unpaired) electrons. The summed E-state index contributed by atoms with van der Waals surface area (Å²) in [6.45, 7) is 7.43. The van der Waals surface area contributed by atoms with Gasteiger partial charge in [0.25, 0.3) is 0 Å². The number of ketones is 1. The molecule has 0 N–H and O–H groups in total. The second-order valence-electron chi connectivity index (χ2n) is 5.24. The van der Waals surface area contributed by atoms with Crippen molar-refractivity contribution in [3.8, 4) is 0 Å². The summed E-state index contributed by atoms with van der Waals surface area (Å²) in [6, 6.07) is 5.13. The van der Waals surface area contributed by atoms with E-state index in [0.29, 0.717) is 10.2 Å². The van der Waals surface area contributed by atoms with E-state index in [1.54, 1.807) is 6.07 Å². The third-order valence-corrected chi connectivity index (χ3v) is 4.18. The van der Waals surface area contributed by atoms with Gasteiger partial charge in [-0.05, 0) is 78.0 Å². The Hall–Kier alpha value is -1.88. The van der Waals surface area contributed by atoms with E-state index < -0.39 is 5.97 Å². The van der Waals surface area contributed by atoms with E-state index >= 15 is 0 Å². The minimum Gasteiger partial charge on any atom is -0.451 e. The summed E-state index contributed by atoms with van der Waals surface area (Å²) in [5, 5.41) is 0. The van der Waals surface area contributed by atoms with Crippen molar-refractivity contribution in [2.75, 3.05) is 6.61 Å². The van der Waals surface area contributed by atoms with Crippen molar-refractivity contribution in [1.29, 1.82) is 0 Å². The van der Waals surface area contributed by atoms with Crippen LogP contribution in [0.1, 0.15) is 43.2 Å². The topological polar surface area (TPSA) is 56.5 Å². The number of halogens is 1. The molecule has 0 fully saturated rings. The number of furan rings is 1. The minimum atomic E-state index is -0.654. The van der Waals surface area contributed by atoms with Crippen LogP contribution in [0.5, 0.6) is 0 Å². The number of hydrogen-bond donors (Lipinski definition) is 0. The van der Waals surface area contributed by atoms with E-state index in [4.69, 9.17) is 9.15 Å². The van der Waals surface area contributed by atoms with Crippen LogP contribution < -0.4 is 0 Å². The molecule has 0 saturated carbocycles. The van der Waals surface area contributed by atoms with Gasteiger partial charge in [-0.25, -0.2) is 4.79 Å². The standard InChI is InChI=1S/C17H17BrO4/c1-9-7-10(2)12(4)16(11(9)3)13(19)8-21-17(20)14-5-6-15(18)22-14/h5-7H,8H2,1-4H3. The van der Waals surface area contributed by atoms with E-state index in [-0.39, 0.29) is 18.2 Å². The highest BCUT2D eigenvalue weighted by Gasteiger charge is 2.19. The summed E-state index contributed by atoms with van der Waals surface area (Å²) in [5.41, 5.74) is 4.57. The van der Waals surface area contributed by atoms with E-state index in [9.17, 15) is 9.59 Å². The van der Waals surface area contributed by atoms with Crippen molar-refractivity contribution >= 4 is 27.7 Å². The largest absolute Gasteiger partial charge is 0.451 e. The van der Waals surface area contributed by atoms with Gasteiger partial charge in [0.2, 0.25) is 11.5 Å². The van der Waals surface area contributed by atoms with E-state index in [2.05, 4.69) is 15.9 Å². The van der Waals surface area contributed by atoms with Crippen molar-refractivity contribution in [2.45, 2.75) is 27.7 Å². The maximum Gasteiger partial charge on any atom is 0.374 e. The van der Waals surface area contributed by atoms with Crippen LogP contribution in [0.25, 0.3) is 0 Å². The van der Waals surface area contributed by atoms with Gasteiger partial charge in [-0.3, -0.25) is 4.79 Å². The van der Waals surface area contributed by atoms with E-state index in [0.717, 1.165) is 22.3 Å². The summed E-state index contributed by atoms with van der Waals surface area (Å²) in [6.07, 6.45) is 0. The highest BCUT2D eigenvalue weighted by Crippen LogP contribution is 2.22. The molecular formula is C17H17BrO4. The molecule has 4 nitrogen and oxygen atoms in total. The first-order valence-electron chi connectivity index (χ1n) is 6.84. The molecule has 1 aromatic heterocycles. The SMILES string of the molecule is Cc1cc(C)c(C)c(C(=O)COC(=O)c2ccc(Br)o2)c1C. The van der Waals surface area contributed by atoms with E-state index in [1.807, 2.05) is 33.8 Å². The number of aryl methyl sites for hydroxylation is 2. The van der Waals surface area contributed by atoms with Gasteiger partial charge in [-0.1, -0.05) is 6.07 Å². The lowest BCUT2D eigenvalue weighted by atomic mass is 9.92. The Labute approximate surface area is 137 Å². The molecule has 1 heterocycles. The summed E-state index contributed by atoms with van der Waals surface area (Å²) in [7, 11) is 0. The number of Topliss-reactive ketones (excluding diaryl/α,β-unsaturated/α-hetero) is 1. The Morgan fingerprint density at radius 1 is 1.09 bits per heavy atom. The van der Waals surface area contributed by atoms with Crippen LogP contribution in [0.3, 0.4) is 0 Å². The highest BCUT2D eigenvalue weighted by molar-refractivity contribution is 9.10. The molecule has 0 aliphatic rings. The first-order chi connectivity index (χ1) is 10.3. The van der Waals surface area contributed by atoms with Crippen LogP contribution in [-0.2, 0) is 4.74 Å². The third kappa shape index (κ3) is 3.30. The normalized spacial score (nSPS) is 10.6. The van der Waals surface area contributed by atoms with Gasteiger partial charge in [0.15, 0.2) is 11.3 Å². The summed E-state index contributed by atoms with van der Waals surface area (Å²) >= 11 is 3.11. The molecule has 22 heavy (non-hydrogen) atoms. The van der Waals surface area contributed by atoms with Crippen LogP contribution in [0.4, 0.5) is 0 Å². The predicted molar refractivity (Wildman–Crippen MR) is 86.4 cm³/mol. The minimum absolute atomic E-state index is 0.0635. The van der Waals surface area contributed by atoms with E-state index in [1.165, 1.54) is 6.07 Å². The molecule has 0 spiro atoms. The van der Waals surface area contributed by atoms with Gasteiger partial charge < -0.3 is 9.15 Å². The Bertz CT molecular complexity index is 717. The number of carbonyl (C=O) groups excluding carboxylic acids is 2. The predicted octanol–water partition coefficient (Wildman–Crippen LogP) is 4.32. The van der Waals surface area contributed by atoms with Gasteiger partial charge in [-0.2, -0.15) is 0 Å². The third-order valence-electron chi connectivity index (χ3n) is 3.75. The fraction of sp³-hybridized carbons (Fsp3) is 0.294. The van der Waals surface area contributed by atoms with Gasteiger partial charge >= 0.3 is 5.97 Å². The molecule has 0 amide bonds. The summed E-state index contributed by atoms with van der Waals surface area (Å²) in [5.74, 6) is -0.798. The van der Waals surface area contributed by atoms with Crippen molar-refractivity contribution in [2.24, 2.45) is 0 Å². The Balaban J connectivity index is 2.15. The average Bonchev–Trinajstić information content (AvgIpc) is 2.89. The zero-order chi connectivity index (χ0) is 16.4. The van der Waals surface area contributed by atoms with Gasteiger partial charge in [0.1, 0.15) is 0 Å². The molecule has 0 bridgehead atoms. The fourth-order valence-electron chi connectivity index (χ4n) is 2.33. The molecule has 1 aromatic carbocycles. The molecule has 0 saturated heterocycles. The molecular weight excluding hydrogens is 348 g/mol. The quantitative estimate of drug-likeness (QED) is 0.598. The van der Waals surface area contributed by atoms with Crippen LogP contribution in [0.2, 0.25) is 0 Å². The number of ether oxygens (including phenoxy) is 1. The average molecular weight is 365 g/mol.